The smallest absolute Gasteiger partial charge is 0.251 e. The Bertz CT molecular complexity index is 1200. The first kappa shape index (κ1) is 21.9. The van der Waals surface area contributed by atoms with Crippen LogP contribution in [0, 0.1) is 0 Å². The summed E-state index contributed by atoms with van der Waals surface area (Å²) in [5.74, 6) is 1.86. The van der Waals surface area contributed by atoms with E-state index in [9.17, 15) is 4.79 Å². The fraction of sp³-hybridized carbons (Fsp3) is 0.125. The molecule has 0 aliphatic rings. The van der Waals surface area contributed by atoms with Crippen molar-refractivity contribution in [2.45, 2.75) is 17.5 Å². The number of halogens is 1. The van der Waals surface area contributed by atoms with Gasteiger partial charge in [0, 0.05) is 16.3 Å². The third-order valence-corrected chi connectivity index (χ3v) is 5.97. The molecule has 6 nitrogen and oxygen atoms in total. The summed E-state index contributed by atoms with van der Waals surface area (Å²) < 4.78 is 7.07. The Balaban J connectivity index is 1.55. The highest BCUT2D eigenvalue weighted by atomic mass is 35.5. The van der Waals surface area contributed by atoms with Gasteiger partial charge in [0.1, 0.15) is 5.75 Å². The van der Waals surface area contributed by atoms with Gasteiger partial charge in [0.25, 0.3) is 5.91 Å². The third kappa shape index (κ3) is 5.30. The second kappa shape index (κ2) is 10.3. The molecule has 1 heterocycles. The third-order valence-electron chi connectivity index (χ3n) is 4.74. The molecular formula is C24H21ClN4O2S. The van der Waals surface area contributed by atoms with Crippen molar-refractivity contribution in [3.63, 3.8) is 0 Å². The van der Waals surface area contributed by atoms with Gasteiger partial charge in [0.2, 0.25) is 0 Å². The van der Waals surface area contributed by atoms with Gasteiger partial charge in [-0.1, -0.05) is 59.8 Å². The molecule has 1 aromatic heterocycles. The fourth-order valence-electron chi connectivity index (χ4n) is 3.11. The van der Waals surface area contributed by atoms with Crippen LogP contribution in [0.15, 0.2) is 84.0 Å². The molecule has 1 N–H and O–H groups in total. The number of benzene rings is 3. The molecule has 4 rings (SSSR count). The number of aromatic nitrogens is 3. The Kier molecular flexibility index (Phi) is 7.09. The highest BCUT2D eigenvalue weighted by Gasteiger charge is 2.16. The van der Waals surface area contributed by atoms with Crippen LogP contribution >= 0.6 is 23.4 Å². The zero-order valence-electron chi connectivity index (χ0n) is 17.4. The molecule has 0 unspecified atom stereocenters. The standard InChI is InChI=1S/C24H21ClN4O2S/c1-31-21-12-10-18(11-13-21)23(30)26-15-22-27-28-24(32-16-17-6-3-2-4-7-17)29(22)20-9-5-8-19(25)14-20/h2-14H,15-16H2,1H3,(H,26,30). The van der Waals surface area contributed by atoms with E-state index in [1.807, 2.05) is 47.0 Å². The van der Waals surface area contributed by atoms with Crippen LogP contribution in [0.3, 0.4) is 0 Å². The van der Waals surface area contributed by atoms with Crippen LogP contribution in [0.2, 0.25) is 5.02 Å². The number of nitrogens with one attached hydrogen (secondary N) is 1. The van der Waals surface area contributed by atoms with E-state index in [-0.39, 0.29) is 12.5 Å². The number of ether oxygens (including phenoxy) is 1. The molecule has 0 fully saturated rings. The van der Waals surface area contributed by atoms with Crippen LogP contribution in [0.4, 0.5) is 0 Å². The van der Waals surface area contributed by atoms with Crippen molar-refractivity contribution >= 4 is 29.3 Å². The number of rotatable bonds is 8. The normalized spacial score (nSPS) is 10.7. The van der Waals surface area contributed by atoms with E-state index in [1.54, 1.807) is 43.1 Å². The number of hydrogen-bond donors (Lipinski definition) is 1. The largest absolute Gasteiger partial charge is 0.497 e. The van der Waals surface area contributed by atoms with Crippen molar-refractivity contribution < 1.29 is 9.53 Å². The predicted molar refractivity (Wildman–Crippen MR) is 127 cm³/mol. The molecule has 4 aromatic rings. The summed E-state index contributed by atoms with van der Waals surface area (Å²) in [6.07, 6.45) is 0. The van der Waals surface area contributed by atoms with Gasteiger partial charge in [0.05, 0.1) is 19.3 Å². The summed E-state index contributed by atoms with van der Waals surface area (Å²) in [5.41, 5.74) is 2.57. The highest BCUT2D eigenvalue weighted by Crippen LogP contribution is 2.26. The Morgan fingerprint density at radius 1 is 1.03 bits per heavy atom. The lowest BCUT2D eigenvalue weighted by Gasteiger charge is -2.11. The number of carbonyl (C=O) groups is 1. The molecule has 0 atom stereocenters. The summed E-state index contributed by atoms with van der Waals surface area (Å²) >= 11 is 7.81. The molecular weight excluding hydrogens is 444 g/mol. The molecule has 0 spiro atoms. The summed E-state index contributed by atoms with van der Waals surface area (Å²) in [7, 11) is 1.59. The average Bonchev–Trinajstić information content (AvgIpc) is 3.24. The lowest BCUT2D eigenvalue weighted by atomic mass is 10.2. The van der Waals surface area contributed by atoms with Gasteiger partial charge in [-0.2, -0.15) is 0 Å². The first-order valence-electron chi connectivity index (χ1n) is 9.93. The average molecular weight is 465 g/mol. The van der Waals surface area contributed by atoms with Gasteiger partial charge >= 0.3 is 0 Å². The minimum atomic E-state index is -0.202. The zero-order chi connectivity index (χ0) is 22.3. The molecule has 0 bridgehead atoms. The summed E-state index contributed by atoms with van der Waals surface area (Å²) in [4.78, 5) is 12.6. The maximum Gasteiger partial charge on any atom is 0.251 e. The second-order valence-corrected chi connectivity index (χ2v) is 8.28. The number of hydrogen-bond acceptors (Lipinski definition) is 5. The van der Waals surface area contributed by atoms with E-state index in [0.29, 0.717) is 22.2 Å². The molecule has 0 saturated carbocycles. The van der Waals surface area contributed by atoms with E-state index in [2.05, 4.69) is 27.6 Å². The van der Waals surface area contributed by atoms with Crippen molar-refractivity contribution in [3.05, 3.63) is 101 Å². The van der Waals surface area contributed by atoms with Crippen LogP contribution < -0.4 is 10.1 Å². The van der Waals surface area contributed by atoms with E-state index in [4.69, 9.17) is 16.3 Å². The summed E-state index contributed by atoms with van der Waals surface area (Å²) in [5, 5.41) is 13.0. The van der Waals surface area contributed by atoms with E-state index < -0.39 is 0 Å². The van der Waals surface area contributed by atoms with Gasteiger partial charge in [-0.15, -0.1) is 10.2 Å². The Morgan fingerprint density at radius 2 is 1.81 bits per heavy atom. The maximum absolute atomic E-state index is 12.6. The van der Waals surface area contributed by atoms with Crippen LogP contribution in [0.5, 0.6) is 5.75 Å². The first-order chi connectivity index (χ1) is 15.6. The van der Waals surface area contributed by atoms with E-state index in [0.717, 1.165) is 16.6 Å². The molecule has 0 aliphatic carbocycles. The number of amides is 1. The van der Waals surface area contributed by atoms with E-state index >= 15 is 0 Å². The van der Waals surface area contributed by atoms with Crippen molar-refractivity contribution in [2.24, 2.45) is 0 Å². The molecule has 0 radical (unpaired) electrons. The highest BCUT2D eigenvalue weighted by molar-refractivity contribution is 7.98. The predicted octanol–water partition coefficient (Wildman–Crippen LogP) is 5.15. The van der Waals surface area contributed by atoms with Crippen LogP contribution in [0.25, 0.3) is 5.69 Å². The number of carbonyl (C=O) groups excluding carboxylic acids is 1. The number of thioether (sulfide) groups is 1. The first-order valence-corrected chi connectivity index (χ1v) is 11.3. The molecule has 162 valence electrons. The van der Waals surface area contributed by atoms with Gasteiger partial charge in [-0.05, 0) is 48.0 Å². The zero-order valence-corrected chi connectivity index (χ0v) is 18.9. The summed E-state index contributed by atoms with van der Waals surface area (Å²) in [6.45, 7) is 0.219. The van der Waals surface area contributed by atoms with Crippen LogP contribution in [-0.2, 0) is 12.3 Å². The number of methoxy groups -OCH3 is 1. The van der Waals surface area contributed by atoms with Crippen LogP contribution in [-0.4, -0.2) is 27.8 Å². The van der Waals surface area contributed by atoms with Crippen LogP contribution in [0.1, 0.15) is 21.7 Å². The lowest BCUT2D eigenvalue weighted by Crippen LogP contribution is -2.24. The second-order valence-electron chi connectivity index (χ2n) is 6.90. The molecule has 1 amide bonds. The van der Waals surface area contributed by atoms with Crippen molar-refractivity contribution in [1.82, 2.24) is 20.1 Å². The van der Waals surface area contributed by atoms with Crippen molar-refractivity contribution in [1.29, 1.82) is 0 Å². The van der Waals surface area contributed by atoms with Gasteiger partial charge in [-0.3, -0.25) is 9.36 Å². The molecule has 32 heavy (non-hydrogen) atoms. The minimum absolute atomic E-state index is 0.202. The van der Waals surface area contributed by atoms with Gasteiger partial charge in [0.15, 0.2) is 11.0 Å². The van der Waals surface area contributed by atoms with Crippen molar-refractivity contribution in [2.75, 3.05) is 7.11 Å². The Morgan fingerprint density at radius 3 is 2.53 bits per heavy atom. The summed E-state index contributed by atoms with van der Waals surface area (Å²) in [6, 6.07) is 24.6. The Hall–Kier alpha value is -3.29. The molecule has 0 aliphatic heterocycles. The monoisotopic (exact) mass is 464 g/mol. The lowest BCUT2D eigenvalue weighted by molar-refractivity contribution is 0.0949. The minimum Gasteiger partial charge on any atom is -0.497 e. The van der Waals surface area contributed by atoms with Crippen molar-refractivity contribution in [3.8, 4) is 11.4 Å². The number of nitrogens with zero attached hydrogens (tertiary/aromatic N) is 3. The molecule has 0 saturated heterocycles. The van der Waals surface area contributed by atoms with E-state index in [1.165, 1.54) is 5.56 Å². The molecule has 8 heteroatoms. The molecule has 3 aromatic carbocycles. The maximum atomic E-state index is 12.6. The Labute approximate surface area is 195 Å². The topological polar surface area (TPSA) is 69.0 Å². The van der Waals surface area contributed by atoms with Gasteiger partial charge < -0.3 is 10.1 Å². The SMILES string of the molecule is COc1ccc(C(=O)NCc2nnc(SCc3ccccc3)n2-c2cccc(Cl)c2)cc1. The van der Waals surface area contributed by atoms with Gasteiger partial charge in [-0.25, -0.2) is 0 Å². The fourth-order valence-corrected chi connectivity index (χ4v) is 4.22. The quantitative estimate of drug-likeness (QED) is 0.365.